The Hall–Kier alpha value is -2.70. The maximum absolute atomic E-state index is 11.9. The summed E-state index contributed by atoms with van der Waals surface area (Å²) < 4.78 is 5.25. The Morgan fingerprint density at radius 3 is 2.61 bits per heavy atom. The van der Waals surface area contributed by atoms with E-state index in [1.807, 2.05) is 6.07 Å². The van der Waals surface area contributed by atoms with Crippen LogP contribution >= 0.6 is 11.6 Å². The average molecular weight is 401 g/mol. The van der Waals surface area contributed by atoms with E-state index < -0.39 is 0 Å². The number of hydrogen-bond donors (Lipinski definition) is 3. The van der Waals surface area contributed by atoms with E-state index in [1.54, 1.807) is 24.3 Å². The van der Waals surface area contributed by atoms with Crippen LogP contribution in [0.1, 0.15) is 18.4 Å². The van der Waals surface area contributed by atoms with Gasteiger partial charge in [0.05, 0.1) is 5.69 Å². The molecule has 0 bridgehead atoms. The van der Waals surface area contributed by atoms with Gasteiger partial charge in [-0.3, -0.25) is 4.90 Å². The summed E-state index contributed by atoms with van der Waals surface area (Å²) in [5.74, 6) is -0.200. The Labute approximate surface area is 167 Å². The number of halogens is 1. The van der Waals surface area contributed by atoms with Gasteiger partial charge in [-0.1, -0.05) is 17.7 Å². The number of rotatable bonds is 4. The average Bonchev–Trinajstić information content (AvgIpc) is 2.67. The third-order valence-corrected chi connectivity index (χ3v) is 5.33. The lowest BCUT2D eigenvalue weighted by molar-refractivity contribution is 0.211. The second kappa shape index (κ2) is 7.73. The number of phenols is 2. The number of phenolic OH excluding ortho intramolecular Hbond substituents is 2. The third kappa shape index (κ3) is 4.08. The number of nitrogens with zero attached hydrogens (tertiary/aromatic N) is 1. The normalized spacial score (nSPS) is 15.8. The fraction of sp³-hybridized carbons (Fsp3) is 0.286. The Morgan fingerprint density at radius 1 is 1.07 bits per heavy atom. The second-order valence-corrected chi connectivity index (χ2v) is 7.57. The molecule has 146 valence electrons. The van der Waals surface area contributed by atoms with Crippen LogP contribution in [0.4, 0.5) is 5.69 Å². The van der Waals surface area contributed by atoms with E-state index in [0.29, 0.717) is 17.2 Å². The fourth-order valence-electron chi connectivity index (χ4n) is 3.64. The molecule has 0 saturated carbocycles. The van der Waals surface area contributed by atoms with E-state index in [4.69, 9.17) is 16.0 Å². The molecule has 0 atom stereocenters. The Morgan fingerprint density at radius 2 is 1.86 bits per heavy atom. The zero-order valence-corrected chi connectivity index (χ0v) is 15.9. The van der Waals surface area contributed by atoms with Crippen molar-refractivity contribution in [1.82, 2.24) is 4.90 Å². The van der Waals surface area contributed by atoms with Crippen molar-refractivity contribution in [3.05, 3.63) is 63.5 Å². The maximum Gasteiger partial charge on any atom is 0.338 e. The van der Waals surface area contributed by atoms with Crippen LogP contribution in [0.2, 0.25) is 5.02 Å². The van der Waals surface area contributed by atoms with Crippen LogP contribution in [0, 0.1) is 0 Å². The zero-order valence-electron chi connectivity index (χ0n) is 15.2. The summed E-state index contributed by atoms with van der Waals surface area (Å²) in [5.41, 5.74) is 1.84. The number of fused-ring (bicyclic) bond motifs is 1. The van der Waals surface area contributed by atoms with Gasteiger partial charge in [0.2, 0.25) is 0 Å². The molecule has 0 unspecified atom stereocenters. The molecule has 3 aromatic rings. The van der Waals surface area contributed by atoms with Crippen LogP contribution < -0.4 is 10.9 Å². The van der Waals surface area contributed by atoms with Crippen molar-refractivity contribution in [2.75, 3.05) is 18.4 Å². The molecule has 28 heavy (non-hydrogen) atoms. The standard InChI is InChI=1S/C21H21ClN2O4/c22-14-2-4-20-16(10-14)17(11-21(27)28-20)23-15-5-7-24(8-6-15)12-13-1-3-18(25)19(26)9-13/h1-4,9-11,15,23,25-26H,5-8,12H2. The number of aromatic hydroxyl groups is 2. The van der Waals surface area contributed by atoms with Gasteiger partial charge >= 0.3 is 5.63 Å². The van der Waals surface area contributed by atoms with Gasteiger partial charge in [-0.05, 0) is 48.7 Å². The van der Waals surface area contributed by atoms with Gasteiger partial charge in [-0.25, -0.2) is 4.79 Å². The summed E-state index contributed by atoms with van der Waals surface area (Å²) in [4.78, 5) is 14.2. The van der Waals surface area contributed by atoms with Crippen molar-refractivity contribution < 1.29 is 14.6 Å². The third-order valence-electron chi connectivity index (χ3n) is 5.10. The highest BCUT2D eigenvalue weighted by molar-refractivity contribution is 6.31. The quantitative estimate of drug-likeness (QED) is 0.454. The van der Waals surface area contributed by atoms with Crippen LogP contribution in [-0.4, -0.2) is 34.2 Å². The largest absolute Gasteiger partial charge is 0.504 e. The minimum Gasteiger partial charge on any atom is -0.504 e. The Bertz CT molecular complexity index is 1060. The molecular weight excluding hydrogens is 380 g/mol. The van der Waals surface area contributed by atoms with Crippen LogP contribution in [0.15, 0.2) is 51.7 Å². The number of likely N-dealkylation sites (tertiary alicyclic amines) is 1. The lowest BCUT2D eigenvalue weighted by Crippen LogP contribution is -2.38. The van der Waals surface area contributed by atoms with Crippen molar-refractivity contribution in [2.24, 2.45) is 0 Å². The molecule has 1 saturated heterocycles. The van der Waals surface area contributed by atoms with E-state index >= 15 is 0 Å². The van der Waals surface area contributed by atoms with E-state index in [-0.39, 0.29) is 23.2 Å². The van der Waals surface area contributed by atoms with Gasteiger partial charge in [0.1, 0.15) is 5.58 Å². The number of nitrogens with one attached hydrogen (secondary N) is 1. The minimum atomic E-state index is -0.387. The first-order valence-corrected chi connectivity index (χ1v) is 9.59. The first kappa shape index (κ1) is 18.7. The lowest BCUT2D eigenvalue weighted by atomic mass is 10.0. The van der Waals surface area contributed by atoms with Gasteiger partial charge in [0.25, 0.3) is 0 Å². The summed E-state index contributed by atoms with van der Waals surface area (Å²) in [6, 6.07) is 11.9. The maximum atomic E-state index is 11.9. The second-order valence-electron chi connectivity index (χ2n) is 7.14. The zero-order chi connectivity index (χ0) is 19.7. The molecule has 0 amide bonds. The summed E-state index contributed by atoms with van der Waals surface area (Å²) in [5, 5.41) is 23.9. The fourth-order valence-corrected chi connectivity index (χ4v) is 3.81. The molecule has 0 spiro atoms. The number of benzene rings is 2. The first-order valence-electron chi connectivity index (χ1n) is 9.21. The molecular formula is C21H21ClN2O4. The predicted octanol–water partition coefficient (Wildman–Crippen LogP) is 3.93. The molecule has 1 aliphatic heterocycles. The molecule has 1 aromatic heterocycles. The van der Waals surface area contributed by atoms with Crippen LogP contribution in [0.3, 0.4) is 0 Å². The first-order chi connectivity index (χ1) is 13.5. The van der Waals surface area contributed by atoms with E-state index in [1.165, 1.54) is 12.1 Å². The molecule has 1 fully saturated rings. The minimum absolute atomic E-state index is 0.0949. The Kier molecular flexibility index (Phi) is 5.15. The van der Waals surface area contributed by atoms with E-state index in [9.17, 15) is 15.0 Å². The van der Waals surface area contributed by atoms with Crippen LogP contribution in [-0.2, 0) is 6.54 Å². The van der Waals surface area contributed by atoms with Gasteiger partial charge < -0.3 is 19.9 Å². The van der Waals surface area contributed by atoms with Crippen molar-refractivity contribution in [3.8, 4) is 11.5 Å². The summed E-state index contributed by atoms with van der Waals surface area (Å²) in [7, 11) is 0. The summed E-state index contributed by atoms with van der Waals surface area (Å²) in [6.45, 7) is 2.49. The highest BCUT2D eigenvalue weighted by Gasteiger charge is 2.20. The molecule has 1 aliphatic rings. The van der Waals surface area contributed by atoms with Crippen molar-refractivity contribution in [1.29, 1.82) is 0 Å². The summed E-state index contributed by atoms with van der Waals surface area (Å²) >= 11 is 6.10. The highest BCUT2D eigenvalue weighted by atomic mass is 35.5. The molecule has 0 aliphatic carbocycles. The van der Waals surface area contributed by atoms with Crippen molar-refractivity contribution in [2.45, 2.75) is 25.4 Å². The van der Waals surface area contributed by atoms with Crippen LogP contribution in [0.5, 0.6) is 11.5 Å². The monoisotopic (exact) mass is 400 g/mol. The molecule has 2 aromatic carbocycles. The highest BCUT2D eigenvalue weighted by Crippen LogP contribution is 2.28. The van der Waals surface area contributed by atoms with E-state index in [0.717, 1.165) is 42.6 Å². The van der Waals surface area contributed by atoms with Gasteiger partial charge in [0.15, 0.2) is 11.5 Å². The number of anilines is 1. The molecule has 0 radical (unpaired) electrons. The SMILES string of the molecule is O=c1cc(NC2CCN(Cc3ccc(O)c(O)c3)CC2)c2cc(Cl)ccc2o1. The van der Waals surface area contributed by atoms with Crippen molar-refractivity contribution >= 4 is 28.3 Å². The topological polar surface area (TPSA) is 85.9 Å². The predicted molar refractivity (Wildman–Crippen MR) is 109 cm³/mol. The molecule has 2 heterocycles. The van der Waals surface area contributed by atoms with Crippen LogP contribution in [0.25, 0.3) is 11.0 Å². The lowest BCUT2D eigenvalue weighted by Gasteiger charge is -2.33. The van der Waals surface area contributed by atoms with E-state index in [2.05, 4.69) is 10.2 Å². The van der Waals surface area contributed by atoms with Gasteiger partial charge in [-0.2, -0.15) is 0 Å². The Balaban J connectivity index is 1.42. The van der Waals surface area contributed by atoms with Gasteiger partial charge in [0, 0.05) is 42.2 Å². The molecule has 7 heteroatoms. The summed E-state index contributed by atoms with van der Waals surface area (Å²) in [6.07, 6.45) is 1.85. The number of hydrogen-bond acceptors (Lipinski definition) is 6. The molecule has 4 rings (SSSR count). The number of piperidine rings is 1. The molecule has 3 N–H and O–H groups in total. The van der Waals surface area contributed by atoms with Crippen molar-refractivity contribution in [3.63, 3.8) is 0 Å². The van der Waals surface area contributed by atoms with Gasteiger partial charge in [-0.15, -0.1) is 0 Å². The smallest absolute Gasteiger partial charge is 0.338 e. The molecule has 6 nitrogen and oxygen atoms in total.